The summed E-state index contributed by atoms with van der Waals surface area (Å²) in [5.74, 6) is 0.758. The minimum absolute atomic E-state index is 0.240. The molecule has 2 N–H and O–H groups in total. The van der Waals surface area contributed by atoms with Crippen LogP contribution in [-0.2, 0) is 11.3 Å². The molecular weight excluding hydrogens is 192 g/mol. The van der Waals surface area contributed by atoms with Crippen LogP contribution in [0.2, 0.25) is 0 Å². The van der Waals surface area contributed by atoms with Crippen molar-refractivity contribution >= 4 is 5.95 Å². The fourth-order valence-electron chi connectivity index (χ4n) is 1.65. The molecule has 2 rings (SSSR count). The summed E-state index contributed by atoms with van der Waals surface area (Å²) in [5.41, 5.74) is 6.42. The minimum atomic E-state index is 0.240. The molecule has 5 heteroatoms. The van der Waals surface area contributed by atoms with E-state index in [0.29, 0.717) is 6.54 Å². The molecule has 5 nitrogen and oxygen atoms in total. The van der Waals surface area contributed by atoms with Gasteiger partial charge in [0, 0.05) is 25.8 Å². The summed E-state index contributed by atoms with van der Waals surface area (Å²) in [5, 5.41) is 0. The first-order valence-corrected chi connectivity index (χ1v) is 5.18. The smallest absolute Gasteiger partial charge is 0.225 e. The number of nitrogens with zero attached hydrogens (tertiary/aromatic N) is 3. The number of morpholine rings is 1. The molecule has 1 aromatic heterocycles. The molecule has 1 unspecified atom stereocenters. The SMILES string of the molecule is CC1CN(c2nccc(CN)n2)CCO1. The maximum atomic E-state index is 5.54. The number of hydrogen-bond donors (Lipinski definition) is 1. The Morgan fingerprint density at radius 3 is 3.27 bits per heavy atom. The zero-order chi connectivity index (χ0) is 10.7. The number of rotatable bonds is 2. The molecule has 1 atom stereocenters. The second-order valence-electron chi connectivity index (χ2n) is 3.68. The van der Waals surface area contributed by atoms with Gasteiger partial charge in [-0.3, -0.25) is 0 Å². The summed E-state index contributed by atoms with van der Waals surface area (Å²) >= 11 is 0. The predicted octanol–water partition coefficient (Wildman–Crippen LogP) is 0.160. The van der Waals surface area contributed by atoms with Crippen LogP contribution < -0.4 is 10.6 Å². The molecule has 1 fully saturated rings. The van der Waals surface area contributed by atoms with E-state index >= 15 is 0 Å². The fraction of sp³-hybridized carbons (Fsp3) is 0.600. The molecule has 0 spiro atoms. The average molecular weight is 208 g/mol. The molecule has 82 valence electrons. The second kappa shape index (κ2) is 4.55. The first kappa shape index (κ1) is 10.3. The standard InChI is InChI=1S/C10H16N4O/c1-8-7-14(4-5-15-8)10-12-3-2-9(6-11)13-10/h2-3,8H,4-7,11H2,1H3. The molecular formula is C10H16N4O. The van der Waals surface area contributed by atoms with Crippen molar-refractivity contribution in [2.75, 3.05) is 24.6 Å². The van der Waals surface area contributed by atoms with Gasteiger partial charge in [-0.2, -0.15) is 0 Å². The average Bonchev–Trinajstić information content (AvgIpc) is 2.29. The fourth-order valence-corrected chi connectivity index (χ4v) is 1.65. The molecule has 2 heterocycles. The van der Waals surface area contributed by atoms with Gasteiger partial charge < -0.3 is 15.4 Å². The lowest BCUT2D eigenvalue weighted by Crippen LogP contribution is -2.42. The number of nitrogens with two attached hydrogens (primary N) is 1. The van der Waals surface area contributed by atoms with Crippen molar-refractivity contribution in [1.29, 1.82) is 0 Å². The Morgan fingerprint density at radius 2 is 2.53 bits per heavy atom. The molecule has 1 aromatic rings. The van der Waals surface area contributed by atoms with Gasteiger partial charge in [0.25, 0.3) is 0 Å². The third kappa shape index (κ3) is 2.43. The first-order chi connectivity index (χ1) is 7.29. The van der Waals surface area contributed by atoms with E-state index < -0.39 is 0 Å². The Bertz CT molecular complexity index is 331. The Hall–Kier alpha value is -1.20. The maximum absolute atomic E-state index is 5.54. The van der Waals surface area contributed by atoms with Crippen LogP contribution in [0.3, 0.4) is 0 Å². The summed E-state index contributed by atoms with van der Waals surface area (Å²) in [6.07, 6.45) is 1.99. The molecule has 0 aromatic carbocycles. The molecule has 1 aliphatic rings. The van der Waals surface area contributed by atoms with E-state index in [9.17, 15) is 0 Å². The largest absolute Gasteiger partial charge is 0.375 e. The van der Waals surface area contributed by atoms with Crippen molar-refractivity contribution < 1.29 is 4.74 Å². The van der Waals surface area contributed by atoms with Crippen LogP contribution in [0.4, 0.5) is 5.95 Å². The predicted molar refractivity (Wildman–Crippen MR) is 57.6 cm³/mol. The Kier molecular flexibility index (Phi) is 3.13. The van der Waals surface area contributed by atoms with Gasteiger partial charge in [0.2, 0.25) is 5.95 Å². The highest BCUT2D eigenvalue weighted by atomic mass is 16.5. The van der Waals surface area contributed by atoms with E-state index in [1.54, 1.807) is 6.20 Å². The summed E-state index contributed by atoms with van der Waals surface area (Å²) in [6, 6.07) is 1.84. The molecule has 1 aliphatic heterocycles. The van der Waals surface area contributed by atoms with E-state index in [1.807, 2.05) is 6.07 Å². The third-order valence-electron chi connectivity index (χ3n) is 2.43. The second-order valence-corrected chi connectivity index (χ2v) is 3.68. The van der Waals surface area contributed by atoms with E-state index in [2.05, 4.69) is 21.8 Å². The highest BCUT2D eigenvalue weighted by Crippen LogP contribution is 2.12. The number of anilines is 1. The highest BCUT2D eigenvalue weighted by Gasteiger charge is 2.18. The topological polar surface area (TPSA) is 64.3 Å². The normalized spacial score (nSPS) is 21.7. The lowest BCUT2D eigenvalue weighted by atomic mass is 10.3. The number of hydrogen-bond acceptors (Lipinski definition) is 5. The van der Waals surface area contributed by atoms with Gasteiger partial charge in [0.05, 0.1) is 18.4 Å². The summed E-state index contributed by atoms with van der Waals surface area (Å²) in [7, 11) is 0. The van der Waals surface area contributed by atoms with Gasteiger partial charge in [-0.05, 0) is 13.0 Å². The molecule has 0 amide bonds. The van der Waals surface area contributed by atoms with Crippen LogP contribution in [0.15, 0.2) is 12.3 Å². The Balaban J connectivity index is 2.13. The third-order valence-corrected chi connectivity index (χ3v) is 2.43. The molecule has 0 aliphatic carbocycles. The number of ether oxygens (including phenoxy) is 1. The Morgan fingerprint density at radius 1 is 1.67 bits per heavy atom. The summed E-state index contributed by atoms with van der Waals surface area (Å²) < 4.78 is 5.46. The lowest BCUT2D eigenvalue weighted by molar-refractivity contribution is 0.0526. The molecule has 1 saturated heterocycles. The molecule has 0 bridgehead atoms. The van der Waals surface area contributed by atoms with E-state index in [0.717, 1.165) is 31.3 Å². The number of aromatic nitrogens is 2. The van der Waals surface area contributed by atoms with Crippen LogP contribution in [0.25, 0.3) is 0 Å². The zero-order valence-corrected chi connectivity index (χ0v) is 8.89. The minimum Gasteiger partial charge on any atom is -0.375 e. The molecule has 0 radical (unpaired) electrons. The van der Waals surface area contributed by atoms with Crippen molar-refractivity contribution in [1.82, 2.24) is 9.97 Å². The summed E-state index contributed by atoms with van der Waals surface area (Å²) in [4.78, 5) is 10.8. The van der Waals surface area contributed by atoms with E-state index in [-0.39, 0.29) is 6.10 Å². The monoisotopic (exact) mass is 208 g/mol. The maximum Gasteiger partial charge on any atom is 0.225 e. The van der Waals surface area contributed by atoms with Crippen molar-refractivity contribution in [3.05, 3.63) is 18.0 Å². The van der Waals surface area contributed by atoms with Gasteiger partial charge in [-0.1, -0.05) is 0 Å². The van der Waals surface area contributed by atoms with Gasteiger partial charge in [0.1, 0.15) is 0 Å². The van der Waals surface area contributed by atoms with Crippen LogP contribution in [-0.4, -0.2) is 35.8 Å². The van der Waals surface area contributed by atoms with Crippen LogP contribution >= 0.6 is 0 Å². The van der Waals surface area contributed by atoms with E-state index in [4.69, 9.17) is 10.5 Å². The van der Waals surface area contributed by atoms with Gasteiger partial charge in [0.15, 0.2) is 0 Å². The Labute approximate surface area is 89.3 Å². The molecule has 0 saturated carbocycles. The van der Waals surface area contributed by atoms with Gasteiger partial charge >= 0.3 is 0 Å². The van der Waals surface area contributed by atoms with Crippen molar-refractivity contribution in [2.45, 2.75) is 19.6 Å². The zero-order valence-electron chi connectivity index (χ0n) is 8.89. The van der Waals surface area contributed by atoms with Crippen molar-refractivity contribution in [2.24, 2.45) is 5.73 Å². The van der Waals surface area contributed by atoms with Crippen LogP contribution in [0, 0.1) is 0 Å². The van der Waals surface area contributed by atoms with Gasteiger partial charge in [-0.25, -0.2) is 9.97 Å². The van der Waals surface area contributed by atoms with Crippen molar-refractivity contribution in [3.8, 4) is 0 Å². The first-order valence-electron chi connectivity index (χ1n) is 5.18. The van der Waals surface area contributed by atoms with Crippen LogP contribution in [0.1, 0.15) is 12.6 Å². The van der Waals surface area contributed by atoms with Crippen molar-refractivity contribution in [3.63, 3.8) is 0 Å². The lowest BCUT2D eigenvalue weighted by Gasteiger charge is -2.31. The van der Waals surface area contributed by atoms with E-state index in [1.165, 1.54) is 0 Å². The highest BCUT2D eigenvalue weighted by molar-refractivity contribution is 5.31. The quantitative estimate of drug-likeness (QED) is 0.750. The summed E-state index contributed by atoms with van der Waals surface area (Å²) in [6.45, 7) is 4.93. The van der Waals surface area contributed by atoms with Crippen LogP contribution in [0.5, 0.6) is 0 Å². The van der Waals surface area contributed by atoms with Gasteiger partial charge in [-0.15, -0.1) is 0 Å². The molecule has 15 heavy (non-hydrogen) atoms.